The van der Waals surface area contributed by atoms with Gasteiger partial charge in [-0.3, -0.25) is 10.1 Å². The zero-order valence-electron chi connectivity index (χ0n) is 10.7. The second-order valence-electron chi connectivity index (χ2n) is 4.22. The lowest BCUT2D eigenvalue weighted by Gasteiger charge is -2.08. The minimum Gasteiger partial charge on any atom is -0.457 e. The molecule has 2 rings (SSSR count). The summed E-state index contributed by atoms with van der Waals surface area (Å²) in [5.41, 5.74) is 0.451. The largest absolute Gasteiger partial charge is 0.457 e. The molecular weight excluding hydrogens is 265 g/mol. The fraction of sp³-hybridized carbons (Fsp3) is 0.143. The van der Waals surface area contributed by atoms with Crippen LogP contribution in [0.1, 0.15) is 11.1 Å². The van der Waals surface area contributed by atoms with Crippen LogP contribution in [0.3, 0.4) is 0 Å². The van der Waals surface area contributed by atoms with Gasteiger partial charge in [-0.05, 0) is 30.7 Å². The van der Waals surface area contributed by atoms with Crippen molar-refractivity contribution in [1.82, 2.24) is 0 Å². The smallest absolute Gasteiger partial charge is 0.275 e. The van der Waals surface area contributed by atoms with Crippen LogP contribution in [-0.4, -0.2) is 10.0 Å². The molecule has 0 saturated carbocycles. The standard InChI is InChI=1S/C14H12FNO4/c1-9-2-3-12(7-13(9)15)20-11-4-5-14(16(18)19)10(6-11)8-17/h2-7,17H,8H2,1H3. The minimum atomic E-state index is -0.582. The Kier molecular flexibility index (Phi) is 3.95. The highest BCUT2D eigenvalue weighted by Crippen LogP contribution is 2.28. The van der Waals surface area contributed by atoms with Crippen LogP contribution in [0, 0.1) is 22.9 Å². The van der Waals surface area contributed by atoms with E-state index in [2.05, 4.69) is 0 Å². The molecule has 0 radical (unpaired) electrons. The summed E-state index contributed by atoms with van der Waals surface area (Å²) in [6.07, 6.45) is 0. The van der Waals surface area contributed by atoms with Crippen molar-refractivity contribution in [2.24, 2.45) is 0 Å². The SMILES string of the molecule is Cc1ccc(Oc2ccc([N+](=O)[O-])c(CO)c2)cc1F. The van der Waals surface area contributed by atoms with Gasteiger partial charge in [0.25, 0.3) is 5.69 Å². The van der Waals surface area contributed by atoms with Crippen LogP contribution in [0.25, 0.3) is 0 Å². The number of aliphatic hydroxyl groups excluding tert-OH is 1. The molecule has 0 aromatic heterocycles. The van der Waals surface area contributed by atoms with E-state index < -0.39 is 17.3 Å². The van der Waals surface area contributed by atoms with Crippen molar-refractivity contribution < 1.29 is 19.2 Å². The lowest BCUT2D eigenvalue weighted by Crippen LogP contribution is -1.96. The fourth-order valence-electron chi connectivity index (χ4n) is 1.70. The van der Waals surface area contributed by atoms with E-state index in [-0.39, 0.29) is 17.0 Å². The van der Waals surface area contributed by atoms with Gasteiger partial charge in [-0.25, -0.2) is 4.39 Å². The zero-order valence-corrected chi connectivity index (χ0v) is 10.7. The first-order valence-corrected chi connectivity index (χ1v) is 5.83. The number of aliphatic hydroxyl groups is 1. The summed E-state index contributed by atoms with van der Waals surface area (Å²) in [6, 6.07) is 8.40. The fourth-order valence-corrected chi connectivity index (χ4v) is 1.70. The van der Waals surface area contributed by atoms with Crippen LogP contribution >= 0.6 is 0 Å². The summed E-state index contributed by atoms with van der Waals surface area (Å²) in [4.78, 5) is 10.2. The number of nitro benzene ring substituents is 1. The molecule has 0 spiro atoms. The van der Waals surface area contributed by atoms with Gasteiger partial charge in [0.2, 0.25) is 0 Å². The number of aryl methyl sites for hydroxylation is 1. The highest BCUT2D eigenvalue weighted by atomic mass is 19.1. The average Bonchev–Trinajstić information content (AvgIpc) is 2.42. The lowest BCUT2D eigenvalue weighted by molar-refractivity contribution is -0.385. The van der Waals surface area contributed by atoms with Crippen molar-refractivity contribution in [3.63, 3.8) is 0 Å². The summed E-state index contributed by atoms with van der Waals surface area (Å²) < 4.78 is 18.8. The minimum absolute atomic E-state index is 0.139. The van der Waals surface area contributed by atoms with Crippen LogP contribution < -0.4 is 4.74 Å². The van der Waals surface area contributed by atoms with Gasteiger partial charge in [-0.2, -0.15) is 0 Å². The Hall–Kier alpha value is -2.47. The van der Waals surface area contributed by atoms with Gasteiger partial charge in [0.15, 0.2) is 0 Å². The molecule has 6 heteroatoms. The van der Waals surface area contributed by atoms with Gasteiger partial charge in [0, 0.05) is 12.1 Å². The molecule has 0 heterocycles. The van der Waals surface area contributed by atoms with Gasteiger partial charge >= 0.3 is 0 Å². The number of rotatable bonds is 4. The maximum atomic E-state index is 13.4. The molecule has 0 aliphatic rings. The second-order valence-corrected chi connectivity index (χ2v) is 4.22. The van der Waals surface area contributed by atoms with Crippen molar-refractivity contribution in [3.8, 4) is 11.5 Å². The number of nitrogens with zero attached hydrogens (tertiary/aromatic N) is 1. The number of benzene rings is 2. The Morgan fingerprint density at radius 1 is 1.25 bits per heavy atom. The monoisotopic (exact) mass is 277 g/mol. The van der Waals surface area contributed by atoms with E-state index in [4.69, 9.17) is 9.84 Å². The lowest BCUT2D eigenvalue weighted by atomic mass is 10.2. The molecule has 2 aromatic rings. The Bertz CT molecular complexity index is 658. The van der Waals surface area contributed by atoms with E-state index in [1.165, 1.54) is 24.3 Å². The number of ether oxygens (including phenoxy) is 1. The Morgan fingerprint density at radius 3 is 2.50 bits per heavy atom. The molecule has 1 N–H and O–H groups in total. The van der Waals surface area contributed by atoms with Crippen molar-refractivity contribution in [1.29, 1.82) is 0 Å². The predicted octanol–water partition coefficient (Wildman–Crippen LogP) is 3.33. The first kappa shape index (κ1) is 14.0. The van der Waals surface area contributed by atoms with Crippen molar-refractivity contribution in [3.05, 3.63) is 63.5 Å². The molecule has 0 saturated heterocycles. The number of hydrogen-bond acceptors (Lipinski definition) is 4. The van der Waals surface area contributed by atoms with Gasteiger partial charge in [0.1, 0.15) is 17.3 Å². The van der Waals surface area contributed by atoms with E-state index in [0.717, 1.165) is 0 Å². The molecule has 20 heavy (non-hydrogen) atoms. The Labute approximate surface area is 114 Å². The van der Waals surface area contributed by atoms with E-state index >= 15 is 0 Å². The topological polar surface area (TPSA) is 72.6 Å². The number of hydrogen-bond donors (Lipinski definition) is 1. The molecule has 0 unspecified atom stereocenters. The van der Waals surface area contributed by atoms with Crippen molar-refractivity contribution >= 4 is 5.69 Å². The summed E-state index contributed by atoms with van der Waals surface area (Å²) in [5, 5.41) is 19.9. The zero-order chi connectivity index (χ0) is 14.7. The molecule has 5 nitrogen and oxygen atoms in total. The maximum absolute atomic E-state index is 13.4. The third-order valence-corrected chi connectivity index (χ3v) is 2.80. The Balaban J connectivity index is 2.29. The summed E-state index contributed by atoms with van der Waals surface area (Å²) >= 11 is 0. The van der Waals surface area contributed by atoms with E-state index in [9.17, 15) is 14.5 Å². The molecule has 104 valence electrons. The van der Waals surface area contributed by atoms with Crippen LogP contribution in [0.4, 0.5) is 10.1 Å². The van der Waals surface area contributed by atoms with E-state index in [1.807, 2.05) is 0 Å². The van der Waals surface area contributed by atoms with Gasteiger partial charge in [0.05, 0.1) is 17.1 Å². The molecule has 0 fully saturated rings. The normalized spacial score (nSPS) is 10.3. The molecule has 0 bridgehead atoms. The average molecular weight is 277 g/mol. The molecule has 0 amide bonds. The first-order valence-electron chi connectivity index (χ1n) is 5.83. The number of nitro groups is 1. The van der Waals surface area contributed by atoms with E-state index in [1.54, 1.807) is 19.1 Å². The van der Waals surface area contributed by atoms with Crippen molar-refractivity contribution in [2.45, 2.75) is 13.5 Å². The second kappa shape index (κ2) is 5.66. The van der Waals surface area contributed by atoms with Crippen LogP contribution in [0.5, 0.6) is 11.5 Å². The third kappa shape index (κ3) is 2.92. The summed E-state index contributed by atoms with van der Waals surface area (Å²) in [5.74, 6) is 0.181. The van der Waals surface area contributed by atoms with Crippen LogP contribution in [0.2, 0.25) is 0 Å². The summed E-state index contributed by atoms with van der Waals surface area (Å²) in [6.45, 7) is 1.16. The highest BCUT2D eigenvalue weighted by molar-refractivity contribution is 5.46. The third-order valence-electron chi connectivity index (χ3n) is 2.80. The summed E-state index contributed by atoms with van der Waals surface area (Å²) in [7, 11) is 0. The first-order chi connectivity index (χ1) is 9.51. The van der Waals surface area contributed by atoms with E-state index in [0.29, 0.717) is 11.3 Å². The maximum Gasteiger partial charge on any atom is 0.275 e. The van der Waals surface area contributed by atoms with Crippen LogP contribution in [0.15, 0.2) is 36.4 Å². The Morgan fingerprint density at radius 2 is 1.90 bits per heavy atom. The number of halogens is 1. The molecule has 0 aliphatic carbocycles. The highest BCUT2D eigenvalue weighted by Gasteiger charge is 2.14. The molecule has 2 aromatic carbocycles. The van der Waals surface area contributed by atoms with Gasteiger partial charge < -0.3 is 9.84 Å². The van der Waals surface area contributed by atoms with Crippen LogP contribution in [-0.2, 0) is 6.61 Å². The van der Waals surface area contributed by atoms with Gasteiger partial charge in [-0.15, -0.1) is 0 Å². The quantitative estimate of drug-likeness (QED) is 0.687. The molecule has 0 aliphatic heterocycles. The molecule has 0 atom stereocenters. The van der Waals surface area contributed by atoms with Crippen molar-refractivity contribution in [2.75, 3.05) is 0 Å². The predicted molar refractivity (Wildman–Crippen MR) is 70.2 cm³/mol. The molecular formula is C14H12FNO4. The van der Waals surface area contributed by atoms with Gasteiger partial charge in [-0.1, -0.05) is 6.07 Å².